The molecule has 0 aliphatic rings. The van der Waals surface area contributed by atoms with Crippen molar-refractivity contribution < 1.29 is 19.1 Å². The molecule has 2 rings (SSSR count). The van der Waals surface area contributed by atoms with Crippen LogP contribution in [0.5, 0.6) is 0 Å². The second-order valence-electron chi connectivity index (χ2n) is 6.31. The summed E-state index contributed by atoms with van der Waals surface area (Å²) in [6.07, 6.45) is 0.312. The average Bonchev–Trinajstić information content (AvgIpc) is 2.68. The minimum absolute atomic E-state index is 0.228. The van der Waals surface area contributed by atoms with Crippen LogP contribution in [-0.4, -0.2) is 37.5 Å². The van der Waals surface area contributed by atoms with Crippen molar-refractivity contribution in [3.8, 4) is 0 Å². The maximum absolute atomic E-state index is 12.2. The highest BCUT2D eigenvalue weighted by Crippen LogP contribution is 2.12. The third kappa shape index (κ3) is 5.95. The molecular weight excluding hydrogens is 344 g/mol. The molecule has 2 amide bonds. The Morgan fingerprint density at radius 1 is 1.00 bits per heavy atom. The second-order valence-corrected chi connectivity index (χ2v) is 6.31. The number of benzene rings is 2. The molecule has 0 saturated heterocycles. The van der Waals surface area contributed by atoms with Crippen molar-refractivity contribution in [2.45, 2.75) is 26.3 Å². The third-order valence-electron chi connectivity index (χ3n) is 4.28. The van der Waals surface area contributed by atoms with Crippen LogP contribution in [0.25, 0.3) is 0 Å². The highest BCUT2D eigenvalue weighted by atomic mass is 16.5. The van der Waals surface area contributed by atoms with Crippen molar-refractivity contribution in [1.82, 2.24) is 10.6 Å². The van der Waals surface area contributed by atoms with Gasteiger partial charge in [0, 0.05) is 12.0 Å². The molecule has 0 aromatic heterocycles. The summed E-state index contributed by atoms with van der Waals surface area (Å²) in [4.78, 5) is 36.2. The van der Waals surface area contributed by atoms with Crippen molar-refractivity contribution >= 4 is 17.8 Å². The largest absolute Gasteiger partial charge is 0.467 e. The van der Waals surface area contributed by atoms with E-state index in [1.54, 1.807) is 30.3 Å². The predicted molar refractivity (Wildman–Crippen MR) is 102 cm³/mol. The van der Waals surface area contributed by atoms with Gasteiger partial charge in [-0.25, -0.2) is 4.79 Å². The summed E-state index contributed by atoms with van der Waals surface area (Å²) in [5, 5.41) is 5.17. The van der Waals surface area contributed by atoms with Crippen LogP contribution in [0, 0.1) is 13.8 Å². The third-order valence-corrected chi connectivity index (χ3v) is 4.28. The summed E-state index contributed by atoms with van der Waals surface area (Å²) in [5.74, 6) is -1.34. The Bertz CT molecular complexity index is 818. The normalized spacial score (nSPS) is 11.4. The van der Waals surface area contributed by atoms with Crippen LogP contribution in [0.2, 0.25) is 0 Å². The van der Waals surface area contributed by atoms with Gasteiger partial charge in [-0.15, -0.1) is 0 Å². The number of carbonyl (C=O) groups is 3. The zero-order chi connectivity index (χ0) is 19.8. The van der Waals surface area contributed by atoms with Gasteiger partial charge in [-0.2, -0.15) is 0 Å². The molecular formula is C21H24N2O4. The van der Waals surface area contributed by atoms with E-state index in [0.717, 1.165) is 16.7 Å². The molecule has 1 atom stereocenters. The first-order valence-electron chi connectivity index (χ1n) is 8.67. The maximum atomic E-state index is 12.2. The van der Waals surface area contributed by atoms with Crippen LogP contribution in [-0.2, 0) is 20.7 Å². The molecule has 142 valence electrons. The lowest BCUT2D eigenvalue weighted by Gasteiger charge is -2.17. The van der Waals surface area contributed by atoms with Crippen molar-refractivity contribution in [2.75, 3.05) is 13.7 Å². The number of rotatable bonds is 7. The molecule has 0 heterocycles. The molecule has 0 fully saturated rings. The topological polar surface area (TPSA) is 84.5 Å². The monoisotopic (exact) mass is 368 g/mol. The van der Waals surface area contributed by atoms with E-state index in [1.807, 2.05) is 32.0 Å². The number of hydrogen-bond acceptors (Lipinski definition) is 4. The molecule has 0 aliphatic carbocycles. The van der Waals surface area contributed by atoms with E-state index in [-0.39, 0.29) is 12.5 Å². The van der Waals surface area contributed by atoms with Gasteiger partial charge in [0.1, 0.15) is 6.04 Å². The minimum atomic E-state index is -0.821. The quantitative estimate of drug-likeness (QED) is 0.732. The molecule has 0 spiro atoms. The number of methoxy groups -OCH3 is 1. The first-order chi connectivity index (χ1) is 12.9. The highest BCUT2D eigenvalue weighted by Gasteiger charge is 2.22. The molecule has 2 aromatic carbocycles. The van der Waals surface area contributed by atoms with Crippen molar-refractivity contribution in [1.29, 1.82) is 0 Å². The van der Waals surface area contributed by atoms with E-state index in [2.05, 4.69) is 10.6 Å². The van der Waals surface area contributed by atoms with Crippen molar-refractivity contribution in [3.63, 3.8) is 0 Å². The summed E-state index contributed by atoms with van der Waals surface area (Å²) < 4.78 is 4.79. The first kappa shape index (κ1) is 20.2. The number of nitrogens with one attached hydrogen (secondary N) is 2. The maximum Gasteiger partial charge on any atom is 0.328 e. The lowest BCUT2D eigenvalue weighted by Crippen LogP contribution is -2.47. The van der Waals surface area contributed by atoms with Crippen LogP contribution >= 0.6 is 0 Å². The Balaban J connectivity index is 1.96. The molecule has 0 radical (unpaired) electrons. The fourth-order valence-corrected chi connectivity index (χ4v) is 2.60. The number of hydrogen-bond donors (Lipinski definition) is 2. The van der Waals surface area contributed by atoms with Gasteiger partial charge in [-0.1, -0.05) is 36.4 Å². The number of carbonyl (C=O) groups excluding carboxylic acids is 3. The lowest BCUT2D eigenvalue weighted by atomic mass is 10.0. The van der Waals surface area contributed by atoms with Gasteiger partial charge in [0.15, 0.2) is 0 Å². The Labute approximate surface area is 158 Å². The first-order valence-corrected chi connectivity index (χ1v) is 8.67. The molecule has 0 unspecified atom stereocenters. The zero-order valence-corrected chi connectivity index (χ0v) is 15.7. The molecule has 0 saturated carbocycles. The standard InChI is InChI=1S/C21H24N2O4/c1-14-9-10-16(11-15(14)2)12-18(21(26)27-3)23-19(24)13-22-20(25)17-7-5-4-6-8-17/h4-11,18H,12-13H2,1-3H3,(H,22,25)(H,23,24)/t18-/m0/s1. The van der Waals surface area contributed by atoms with Crippen molar-refractivity contribution in [3.05, 3.63) is 70.8 Å². The minimum Gasteiger partial charge on any atom is -0.467 e. The average molecular weight is 368 g/mol. The number of aryl methyl sites for hydroxylation is 2. The van der Waals surface area contributed by atoms with E-state index in [4.69, 9.17) is 4.74 Å². The van der Waals surface area contributed by atoms with Crippen molar-refractivity contribution in [2.24, 2.45) is 0 Å². The van der Waals surface area contributed by atoms with Gasteiger partial charge in [0.25, 0.3) is 5.91 Å². The van der Waals surface area contributed by atoms with E-state index >= 15 is 0 Å². The molecule has 6 nitrogen and oxygen atoms in total. The summed E-state index contributed by atoms with van der Waals surface area (Å²) in [6, 6.07) is 13.7. The molecule has 2 N–H and O–H groups in total. The van der Waals surface area contributed by atoms with Crippen LogP contribution in [0.1, 0.15) is 27.0 Å². The van der Waals surface area contributed by atoms with Gasteiger partial charge < -0.3 is 15.4 Å². The summed E-state index contributed by atoms with van der Waals surface area (Å²) in [6.45, 7) is 3.77. The van der Waals surface area contributed by atoms with E-state index < -0.39 is 17.9 Å². The molecule has 0 bridgehead atoms. The van der Waals surface area contributed by atoms with Gasteiger partial charge in [0.05, 0.1) is 13.7 Å². The molecule has 2 aromatic rings. The van der Waals surface area contributed by atoms with Crippen LogP contribution in [0.4, 0.5) is 0 Å². The Morgan fingerprint density at radius 2 is 1.70 bits per heavy atom. The smallest absolute Gasteiger partial charge is 0.328 e. The highest BCUT2D eigenvalue weighted by molar-refractivity contribution is 5.96. The van der Waals surface area contributed by atoms with Crippen LogP contribution in [0.3, 0.4) is 0 Å². The molecule has 6 heteroatoms. The number of amides is 2. The Kier molecular flexibility index (Phi) is 7.11. The summed E-state index contributed by atoms with van der Waals surface area (Å²) in [5.41, 5.74) is 3.64. The fraction of sp³-hybridized carbons (Fsp3) is 0.286. The summed E-state index contributed by atoms with van der Waals surface area (Å²) in [7, 11) is 1.28. The second kappa shape index (κ2) is 9.52. The predicted octanol–water partition coefficient (Wildman–Crippen LogP) is 1.93. The SMILES string of the molecule is COC(=O)[C@H](Cc1ccc(C)c(C)c1)NC(=O)CNC(=O)c1ccccc1. The lowest BCUT2D eigenvalue weighted by molar-refractivity contribution is -0.144. The molecule has 0 aliphatic heterocycles. The van der Waals surface area contributed by atoms with Gasteiger partial charge in [-0.3, -0.25) is 9.59 Å². The van der Waals surface area contributed by atoms with Gasteiger partial charge in [0.2, 0.25) is 5.91 Å². The Hall–Kier alpha value is -3.15. The van der Waals surface area contributed by atoms with Gasteiger partial charge >= 0.3 is 5.97 Å². The van der Waals surface area contributed by atoms with Gasteiger partial charge in [-0.05, 0) is 42.7 Å². The number of ether oxygens (including phenoxy) is 1. The van der Waals surface area contributed by atoms with Crippen LogP contribution < -0.4 is 10.6 Å². The van der Waals surface area contributed by atoms with E-state index in [1.165, 1.54) is 7.11 Å². The zero-order valence-electron chi connectivity index (χ0n) is 15.7. The molecule has 27 heavy (non-hydrogen) atoms. The summed E-state index contributed by atoms with van der Waals surface area (Å²) >= 11 is 0. The van der Waals surface area contributed by atoms with E-state index in [9.17, 15) is 14.4 Å². The van der Waals surface area contributed by atoms with E-state index in [0.29, 0.717) is 12.0 Å². The number of esters is 1. The fourth-order valence-electron chi connectivity index (χ4n) is 2.60. The Morgan fingerprint density at radius 3 is 2.33 bits per heavy atom. The van der Waals surface area contributed by atoms with Crippen LogP contribution in [0.15, 0.2) is 48.5 Å².